The monoisotopic (exact) mass is 288 g/mol. The molecular weight excluding hydrogens is 280 g/mol. The summed E-state index contributed by atoms with van der Waals surface area (Å²) >= 11 is 0.908. The molecule has 2 aromatic rings. The maximum Gasteiger partial charge on any atom is 0.323 e. The molecule has 0 saturated heterocycles. The molecule has 100 valence electrons. The van der Waals surface area contributed by atoms with Crippen LogP contribution >= 0.6 is 11.3 Å². The number of benzene rings is 1. The number of hydrogen-bond donors (Lipinski definition) is 0. The number of carbonyl (C=O) groups is 1. The maximum absolute atomic E-state index is 11.3. The lowest BCUT2D eigenvalue weighted by molar-refractivity contribution is -0.385. The zero-order chi connectivity index (χ0) is 14.7. The van der Waals surface area contributed by atoms with E-state index in [1.807, 2.05) is 6.07 Å². The number of ether oxygens (including phenoxy) is 1. The zero-order valence-corrected chi connectivity index (χ0v) is 11.1. The van der Waals surface area contributed by atoms with Crippen molar-refractivity contribution in [3.63, 3.8) is 0 Å². The van der Waals surface area contributed by atoms with Crippen LogP contribution in [-0.4, -0.2) is 10.7 Å². The summed E-state index contributed by atoms with van der Waals surface area (Å²) in [6, 6.07) is 9.39. The van der Waals surface area contributed by atoms with Gasteiger partial charge >= 0.3 is 5.69 Å². The zero-order valence-electron chi connectivity index (χ0n) is 10.3. The van der Waals surface area contributed by atoms with Crippen LogP contribution in [0.5, 0.6) is 10.8 Å². The predicted molar refractivity (Wildman–Crippen MR) is 72.2 cm³/mol. The average Bonchev–Trinajstić information content (AvgIpc) is 2.83. The van der Waals surface area contributed by atoms with Gasteiger partial charge in [-0.3, -0.25) is 14.9 Å². The van der Waals surface area contributed by atoms with E-state index in [0.29, 0.717) is 11.3 Å². The molecule has 0 spiro atoms. The van der Waals surface area contributed by atoms with Gasteiger partial charge in [0, 0.05) is 6.07 Å². The van der Waals surface area contributed by atoms with Crippen molar-refractivity contribution in [2.24, 2.45) is 0 Å². The predicted octanol–water partition coefficient (Wildman–Crippen LogP) is 3.52. The molecule has 0 bridgehead atoms. The van der Waals surface area contributed by atoms with Crippen LogP contribution < -0.4 is 4.74 Å². The van der Waals surface area contributed by atoms with Gasteiger partial charge in [0.2, 0.25) is 0 Å². The molecule has 6 nitrogen and oxygen atoms in total. The van der Waals surface area contributed by atoms with Crippen LogP contribution in [0.25, 0.3) is 0 Å². The van der Waals surface area contributed by atoms with Gasteiger partial charge in [-0.05, 0) is 25.1 Å². The van der Waals surface area contributed by atoms with Gasteiger partial charge in [0.1, 0.15) is 5.75 Å². The Morgan fingerprint density at radius 1 is 1.45 bits per heavy atom. The first-order valence-electron chi connectivity index (χ1n) is 5.48. The molecule has 20 heavy (non-hydrogen) atoms. The Bertz CT molecular complexity index is 730. The number of hydrogen-bond acceptors (Lipinski definition) is 6. The molecule has 0 aliphatic carbocycles. The van der Waals surface area contributed by atoms with Crippen molar-refractivity contribution in [1.29, 1.82) is 5.26 Å². The van der Waals surface area contributed by atoms with E-state index in [9.17, 15) is 14.9 Å². The molecule has 0 aliphatic heterocycles. The largest absolute Gasteiger partial charge is 0.440 e. The van der Waals surface area contributed by atoms with Crippen molar-refractivity contribution in [2.75, 3.05) is 0 Å². The Morgan fingerprint density at radius 3 is 2.80 bits per heavy atom. The van der Waals surface area contributed by atoms with Crippen LogP contribution in [0, 0.1) is 21.4 Å². The third-order valence-corrected chi connectivity index (χ3v) is 3.50. The van der Waals surface area contributed by atoms with Gasteiger partial charge in [-0.1, -0.05) is 17.4 Å². The highest BCUT2D eigenvalue weighted by Gasteiger charge is 2.23. The standard InChI is InChI=1S/C13H8N2O4S/c1-8(16)12-6-11(15(17)18)13(20-12)19-10-4-2-3-9(5-10)7-14/h2-6H,1H3. The second-order valence-electron chi connectivity index (χ2n) is 3.84. The number of nitrogens with zero attached hydrogens (tertiary/aromatic N) is 2. The molecule has 0 saturated carbocycles. The molecule has 1 aromatic heterocycles. The van der Waals surface area contributed by atoms with Gasteiger partial charge in [0.15, 0.2) is 5.78 Å². The highest BCUT2D eigenvalue weighted by molar-refractivity contribution is 7.16. The quantitative estimate of drug-likeness (QED) is 0.487. The first kappa shape index (κ1) is 13.7. The number of nitriles is 1. The fraction of sp³-hybridized carbons (Fsp3) is 0.0769. The Kier molecular flexibility index (Phi) is 3.77. The van der Waals surface area contributed by atoms with Gasteiger partial charge in [-0.2, -0.15) is 5.26 Å². The topological polar surface area (TPSA) is 93.2 Å². The maximum atomic E-state index is 11.3. The van der Waals surface area contributed by atoms with Crippen molar-refractivity contribution >= 4 is 22.8 Å². The summed E-state index contributed by atoms with van der Waals surface area (Å²) in [6.45, 7) is 1.33. The fourth-order valence-electron chi connectivity index (χ4n) is 1.47. The minimum absolute atomic E-state index is 0.0234. The van der Waals surface area contributed by atoms with Crippen molar-refractivity contribution < 1.29 is 14.5 Å². The van der Waals surface area contributed by atoms with Crippen molar-refractivity contribution in [3.8, 4) is 16.9 Å². The number of Topliss-reactive ketones (excluding diaryl/α,β-unsaturated/α-hetero) is 1. The van der Waals surface area contributed by atoms with Crippen LogP contribution in [0.15, 0.2) is 30.3 Å². The smallest absolute Gasteiger partial charge is 0.323 e. The van der Waals surface area contributed by atoms with E-state index in [0.717, 1.165) is 11.3 Å². The molecule has 0 aliphatic rings. The van der Waals surface area contributed by atoms with Crippen LogP contribution in [0.1, 0.15) is 22.2 Å². The van der Waals surface area contributed by atoms with Crippen molar-refractivity contribution in [2.45, 2.75) is 6.92 Å². The summed E-state index contributed by atoms with van der Waals surface area (Å²) in [4.78, 5) is 21.9. The molecule has 0 atom stereocenters. The molecule has 1 aromatic carbocycles. The third-order valence-electron chi connectivity index (χ3n) is 2.40. The Labute approximate surface area is 118 Å². The summed E-state index contributed by atoms with van der Waals surface area (Å²) < 4.78 is 5.42. The van der Waals surface area contributed by atoms with Gasteiger partial charge < -0.3 is 4.74 Å². The first-order chi connectivity index (χ1) is 9.51. The van der Waals surface area contributed by atoms with Crippen LogP contribution in [-0.2, 0) is 0 Å². The summed E-state index contributed by atoms with van der Waals surface area (Å²) in [5.41, 5.74) is 0.121. The van der Waals surface area contributed by atoms with E-state index in [2.05, 4.69) is 0 Å². The van der Waals surface area contributed by atoms with Crippen LogP contribution in [0.3, 0.4) is 0 Å². The molecule has 0 fully saturated rings. The van der Waals surface area contributed by atoms with Gasteiger partial charge in [0.25, 0.3) is 5.06 Å². The molecule has 0 unspecified atom stereocenters. The van der Waals surface area contributed by atoms with Crippen LogP contribution in [0.2, 0.25) is 0 Å². The van der Waals surface area contributed by atoms with E-state index in [-0.39, 0.29) is 21.4 Å². The minimum Gasteiger partial charge on any atom is -0.440 e. The highest BCUT2D eigenvalue weighted by atomic mass is 32.1. The van der Waals surface area contributed by atoms with Gasteiger partial charge in [0.05, 0.1) is 21.4 Å². The summed E-state index contributed by atoms with van der Waals surface area (Å²) in [7, 11) is 0. The Morgan fingerprint density at radius 2 is 2.20 bits per heavy atom. The average molecular weight is 288 g/mol. The van der Waals surface area contributed by atoms with Crippen LogP contribution in [0.4, 0.5) is 5.69 Å². The van der Waals surface area contributed by atoms with E-state index in [1.165, 1.54) is 19.1 Å². The van der Waals surface area contributed by atoms with Gasteiger partial charge in [-0.25, -0.2) is 0 Å². The van der Waals surface area contributed by atoms with Gasteiger partial charge in [-0.15, -0.1) is 0 Å². The Hall–Kier alpha value is -2.72. The number of nitro groups is 1. The first-order valence-corrected chi connectivity index (χ1v) is 6.30. The normalized spacial score (nSPS) is 9.80. The number of rotatable bonds is 4. The second-order valence-corrected chi connectivity index (χ2v) is 4.85. The molecule has 0 radical (unpaired) electrons. The molecule has 7 heteroatoms. The molecule has 2 rings (SSSR count). The summed E-state index contributed by atoms with van der Waals surface area (Å²) in [5.74, 6) is 0.0443. The number of ketones is 1. The summed E-state index contributed by atoms with van der Waals surface area (Å²) in [6.07, 6.45) is 0. The number of thiophene rings is 1. The highest BCUT2D eigenvalue weighted by Crippen LogP contribution is 2.40. The third kappa shape index (κ3) is 2.81. The molecule has 0 amide bonds. The number of carbonyl (C=O) groups excluding carboxylic acids is 1. The lowest BCUT2D eigenvalue weighted by Crippen LogP contribution is -1.89. The van der Waals surface area contributed by atoms with Crippen molar-refractivity contribution in [1.82, 2.24) is 0 Å². The fourth-order valence-corrected chi connectivity index (χ4v) is 2.36. The van der Waals surface area contributed by atoms with E-state index < -0.39 is 4.92 Å². The van der Waals surface area contributed by atoms with E-state index >= 15 is 0 Å². The lowest BCUT2D eigenvalue weighted by atomic mass is 10.2. The van der Waals surface area contributed by atoms with E-state index in [4.69, 9.17) is 10.00 Å². The summed E-state index contributed by atoms with van der Waals surface area (Å²) in [5, 5.41) is 19.8. The minimum atomic E-state index is -0.605. The van der Waals surface area contributed by atoms with Crippen molar-refractivity contribution in [3.05, 3.63) is 50.9 Å². The van der Waals surface area contributed by atoms with E-state index in [1.54, 1.807) is 18.2 Å². The molecule has 0 N–H and O–H groups in total. The molecule has 1 heterocycles. The SMILES string of the molecule is CC(=O)c1cc([N+](=O)[O-])c(Oc2cccc(C#N)c2)s1. The lowest BCUT2D eigenvalue weighted by Gasteiger charge is -2.02. The second kappa shape index (κ2) is 5.50. The molecular formula is C13H8N2O4S. The Balaban J connectivity index is 2.39.